The van der Waals surface area contributed by atoms with Gasteiger partial charge in [-0.05, 0) is 86.9 Å². The van der Waals surface area contributed by atoms with Gasteiger partial charge in [0.05, 0.1) is 36.6 Å². The van der Waals surface area contributed by atoms with Crippen LogP contribution in [0, 0.1) is 13.8 Å². The van der Waals surface area contributed by atoms with Crippen molar-refractivity contribution in [3.8, 4) is 5.69 Å². The van der Waals surface area contributed by atoms with E-state index in [4.69, 9.17) is 21.7 Å². The Morgan fingerprint density at radius 3 is 2.69 bits per heavy atom. The Hall–Kier alpha value is -3.23. The molecule has 7 nitrogen and oxygen atoms in total. The van der Waals surface area contributed by atoms with Crippen molar-refractivity contribution in [1.29, 1.82) is 0 Å². The number of nitrogens with one attached hydrogen (secondary N) is 1. The highest BCUT2D eigenvalue weighted by molar-refractivity contribution is 7.80. The Morgan fingerprint density at radius 1 is 1.23 bits per heavy atom. The number of methoxy groups -OCH3 is 1. The first-order valence-corrected chi connectivity index (χ1v) is 12.4. The summed E-state index contributed by atoms with van der Waals surface area (Å²) in [5.74, 6) is -0.341. The number of nitrogens with zero attached hydrogens (tertiary/aromatic N) is 3. The monoisotopic (exact) mass is 490 g/mol. The Kier molecular flexibility index (Phi) is 6.58. The molecule has 2 aliphatic rings. The van der Waals surface area contributed by atoms with E-state index in [9.17, 15) is 4.79 Å². The van der Waals surface area contributed by atoms with Crippen molar-refractivity contribution in [1.82, 2.24) is 19.8 Å². The first kappa shape index (κ1) is 23.5. The molecule has 1 N–H and O–H groups in total. The fourth-order valence-corrected chi connectivity index (χ4v) is 5.61. The van der Waals surface area contributed by atoms with Gasteiger partial charge in [0.25, 0.3) is 0 Å². The Labute approximate surface area is 211 Å². The van der Waals surface area contributed by atoms with Crippen LogP contribution in [0.1, 0.15) is 57.9 Å². The zero-order chi connectivity index (χ0) is 24.5. The van der Waals surface area contributed by atoms with Crippen LogP contribution in [0.5, 0.6) is 0 Å². The number of pyridine rings is 1. The van der Waals surface area contributed by atoms with Crippen molar-refractivity contribution < 1.29 is 14.3 Å². The molecule has 4 heterocycles. The molecule has 0 unspecified atom stereocenters. The number of carbonyl (C=O) groups excluding carboxylic acids is 1. The van der Waals surface area contributed by atoms with Crippen molar-refractivity contribution in [2.45, 2.75) is 44.9 Å². The molecule has 182 valence electrons. The van der Waals surface area contributed by atoms with Gasteiger partial charge in [0.2, 0.25) is 0 Å². The minimum atomic E-state index is -0.341. The minimum absolute atomic E-state index is 0.0177. The van der Waals surface area contributed by atoms with Crippen LogP contribution in [0.4, 0.5) is 0 Å². The SMILES string of the molecule is COC(=O)c1ccc(-n2c(C)cc([C@H]3[C@@H](c4ccccn4)NC(=S)N3C[C@@H]3CCCO3)c2C)cc1. The molecule has 0 bridgehead atoms. The van der Waals surface area contributed by atoms with E-state index in [0.717, 1.165) is 53.9 Å². The number of hydrogen-bond acceptors (Lipinski definition) is 5. The van der Waals surface area contributed by atoms with E-state index in [1.165, 1.54) is 12.7 Å². The third-order valence-corrected chi connectivity index (χ3v) is 7.31. The van der Waals surface area contributed by atoms with Gasteiger partial charge in [0, 0.05) is 36.4 Å². The van der Waals surface area contributed by atoms with Crippen LogP contribution in [-0.4, -0.2) is 51.9 Å². The summed E-state index contributed by atoms with van der Waals surface area (Å²) in [6, 6.07) is 15.6. The van der Waals surface area contributed by atoms with Gasteiger partial charge in [-0.25, -0.2) is 4.79 Å². The third kappa shape index (κ3) is 4.44. The standard InChI is InChI=1S/C27H30N4O3S/c1-17-15-22(18(2)31(17)20-11-9-19(10-12-20)26(32)33-3)25-24(23-8-4-5-13-28-23)29-27(35)30(25)16-21-7-6-14-34-21/h4-5,8-13,15,21,24-25H,6-7,14,16H2,1-3H3,(H,29,35)/t21-,24+,25-/m0/s1. The van der Waals surface area contributed by atoms with Crippen LogP contribution in [-0.2, 0) is 9.47 Å². The van der Waals surface area contributed by atoms with Gasteiger partial charge in [-0.1, -0.05) is 6.07 Å². The second-order valence-corrected chi connectivity index (χ2v) is 9.50. The second-order valence-electron chi connectivity index (χ2n) is 9.11. The van der Waals surface area contributed by atoms with Gasteiger partial charge in [-0.2, -0.15) is 0 Å². The predicted molar refractivity (Wildman–Crippen MR) is 138 cm³/mol. The lowest BCUT2D eigenvalue weighted by Gasteiger charge is -2.30. The molecule has 3 atom stereocenters. The summed E-state index contributed by atoms with van der Waals surface area (Å²) >= 11 is 5.84. The molecule has 0 aliphatic carbocycles. The Morgan fingerprint density at radius 2 is 2.03 bits per heavy atom. The molecule has 0 spiro atoms. The van der Waals surface area contributed by atoms with E-state index in [1.807, 2.05) is 36.5 Å². The Bertz CT molecular complexity index is 1220. The number of rotatable bonds is 6. The quantitative estimate of drug-likeness (QED) is 0.405. The average molecular weight is 491 g/mol. The maximum atomic E-state index is 11.9. The zero-order valence-corrected chi connectivity index (χ0v) is 21.0. The summed E-state index contributed by atoms with van der Waals surface area (Å²) < 4.78 is 13.0. The summed E-state index contributed by atoms with van der Waals surface area (Å²) in [6.07, 6.45) is 4.13. The summed E-state index contributed by atoms with van der Waals surface area (Å²) in [7, 11) is 1.39. The van der Waals surface area contributed by atoms with Gasteiger partial charge in [0.1, 0.15) is 0 Å². The molecule has 0 radical (unpaired) electrons. The summed E-state index contributed by atoms with van der Waals surface area (Å²) in [5, 5.41) is 4.27. The topological polar surface area (TPSA) is 68.6 Å². The van der Waals surface area contributed by atoms with Crippen molar-refractivity contribution in [3.05, 3.63) is 82.9 Å². The van der Waals surface area contributed by atoms with Gasteiger partial charge in [-0.3, -0.25) is 4.98 Å². The van der Waals surface area contributed by atoms with E-state index in [0.29, 0.717) is 5.56 Å². The molecule has 2 fully saturated rings. The van der Waals surface area contributed by atoms with Gasteiger partial charge in [-0.15, -0.1) is 0 Å². The van der Waals surface area contributed by atoms with E-state index >= 15 is 0 Å². The maximum Gasteiger partial charge on any atom is 0.337 e. The van der Waals surface area contributed by atoms with Crippen LogP contribution in [0.25, 0.3) is 5.69 Å². The van der Waals surface area contributed by atoms with Crippen LogP contribution in [0.15, 0.2) is 54.7 Å². The van der Waals surface area contributed by atoms with E-state index in [1.54, 1.807) is 12.1 Å². The van der Waals surface area contributed by atoms with Crippen molar-refractivity contribution in [2.75, 3.05) is 20.3 Å². The number of ether oxygens (including phenoxy) is 2. The molecular formula is C27H30N4O3S. The first-order chi connectivity index (χ1) is 17.0. The number of aryl methyl sites for hydroxylation is 1. The number of thiocarbonyl (C=S) groups is 1. The highest BCUT2D eigenvalue weighted by atomic mass is 32.1. The molecular weight excluding hydrogens is 460 g/mol. The van der Waals surface area contributed by atoms with E-state index in [-0.39, 0.29) is 24.2 Å². The van der Waals surface area contributed by atoms with Gasteiger partial charge >= 0.3 is 5.97 Å². The van der Waals surface area contributed by atoms with Crippen LogP contribution >= 0.6 is 12.2 Å². The third-order valence-electron chi connectivity index (χ3n) is 6.96. The van der Waals surface area contributed by atoms with Crippen LogP contribution in [0.2, 0.25) is 0 Å². The largest absolute Gasteiger partial charge is 0.465 e. The number of carbonyl (C=O) groups is 1. The molecule has 2 aromatic heterocycles. The normalized spacial score (nSPS) is 21.9. The van der Waals surface area contributed by atoms with Crippen molar-refractivity contribution in [3.63, 3.8) is 0 Å². The van der Waals surface area contributed by atoms with E-state index in [2.05, 4.69) is 39.7 Å². The molecule has 1 aromatic carbocycles. The smallest absolute Gasteiger partial charge is 0.337 e. The molecule has 3 aromatic rings. The second kappa shape index (κ2) is 9.79. The summed E-state index contributed by atoms with van der Waals surface area (Å²) in [6.45, 7) is 5.80. The minimum Gasteiger partial charge on any atom is -0.465 e. The lowest BCUT2D eigenvalue weighted by atomic mass is 9.96. The fourth-order valence-electron chi connectivity index (χ4n) is 5.30. The number of benzene rings is 1. The van der Waals surface area contributed by atoms with Crippen molar-refractivity contribution >= 4 is 23.3 Å². The first-order valence-electron chi connectivity index (χ1n) is 11.9. The Balaban J connectivity index is 1.55. The number of hydrogen-bond donors (Lipinski definition) is 1. The summed E-state index contributed by atoms with van der Waals surface area (Å²) in [5.41, 5.74) is 5.92. The molecule has 0 saturated carbocycles. The molecule has 8 heteroatoms. The number of esters is 1. The van der Waals surface area contributed by atoms with Crippen LogP contribution in [0.3, 0.4) is 0 Å². The average Bonchev–Trinajstić information content (AvgIpc) is 3.58. The van der Waals surface area contributed by atoms with Crippen LogP contribution < -0.4 is 5.32 Å². The van der Waals surface area contributed by atoms with E-state index < -0.39 is 0 Å². The lowest BCUT2D eigenvalue weighted by Crippen LogP contribution is -2.36. The summed E-state index contributed by atoms with van der Waals surface area (Å²) in [4.78, 5) is 18.8. The molecule has 5 rings (SSSR count). The predicted octanol–water partition coefficient (Wildman–Crippen LogP) is 4.43. The molecule has 2 aliphatic heterocycles. The molecule has 0 amide bonds. The fraction of sp³-hybridized carbons (Fsp3) is 0.370. The molecule has 35 heavy (non-hydrogen) atoms. The lowest BCUT2D eigenvalue weighted by molar-refractivity contribution is 0.0600. The maximum absolute atomic E-state index is 11.9. The van der Waals surface area contributed by atoms with Crippen molar-refractivity contribution in [2.24, 2.45) is 0 Å². The number of aromatic nitrogens is 2. The molecule has 2 saturated heterocycles. The van der Waals surface area contributed by atoms with Gasteiger partial charge in [0.15, 0.2) is 5.11 Å². The highest BCUT2D eigenvalue weighted by Gasteiger charge is 2.42. The highest BCUT2D eigenvalue weighted by Crippen LogP contribution is 2.42. The zero-order valence-electron chi connectivity index (χ0n) is 20.2. The van der Waals surface area contributed by atoms with Gasteiger partial charge < -0.3 is 24.3 Å².